The summed E-state index contributed by atoms with van der Waals surface area (Å²) in [7, 11) is -9.05. The van der Waals surface area contributed by atoms with E-state index in [4.69, 9.17) is 9.84 Å². The van der Waals surface area contributed by atoms with E-state index in [1.54, 1.807) is 0 Å². The minimum atomic E-state index is -4.54. The molecule has 232 valence electrons. The van der Waals surface area contributed by atoms with Gasteiger partial charge in [-0.15, -0.1) is 0 Å². The summed E-state index contributed by atoms with van der Waals surface area (Å²) in [6.45, 7) is 1.48. The van der Waals surface area contributed by atoms with E-state index in [1.807, 2.05) is 5.92 Å². The summed E-state index contributed by atoms with van der Waals surface area (Å²) in [5, 5.41) is 16.1. The zero-order valence-electron chi connectivity index (χ0n) is 22.7. The normalized spacial score (nSPS) is 14.4. The molecule has 0 aliphatic carbocycles. The number of allylic oxidation sites excluding steroid dienone is 2. The Labute approximate surface area is 254 Å². The van der Waals surface area contributed by atoms with Crippen LogP contribution >= 0.6 is 0 Å². The molecule has 1 amide bonds. The van der Waals surface area contributed by atoms with Crippen LogP contribution < -0.4 is 10.6 Å². The van der Waals surface area contributed by atoms with Crippen molar-refractivity contribution in [2.24, 2.45) is 5.10 Å². The number of ketones is 1. The highest BCUT2D eigenvalue weighted by atomic mass is 32.2. The number of nitrogens with one attached hydrogen (secondary N) is 1. The quantitative estimate of drug-likeness (QED) is 0.109. The van der Waals surface area contributed by atoms with Crippen molar-refractivity contribution in [3.05, 3.63) is 87.9 Å². The summed E-state index contributed by atoms with van der Waals surface area (Å²) in [4.78, 5) is 50.8. The molecule has 4 N–H and O–H groups in total. The van der Waals surface area contributed by atoms with Crippen LogP contribution in [-0.4, -0.2) is 70.8 Å². The minimum absolute atomic E-state index is 0.000159. The van der Waals surface area contributed by atoms with Gasteiger partial charge in [-0.3, -0.25) is 28.6 Å². The number of hydrogen-bond acceptors (Lipinski definition) is 11. The first-order valence-electron chi connectivity index (χ1n) is 12.4. The van der Waals surface area contributed by atoms with Crippen LogP contribution in [0, 0.1) is 12.0 Å². The average molecular weight is 657 g/mol. The standard InChI is InChI=1S/C27H20N4O12S2/c1-2-43-27(36)24-21(26(35)31(29-24)17-8-12-19(13-9-17)45(40,41)42)5-3-4-20-23(22(33)14-15-32)28-30(25(20)34)16-6-10-18(11-7-16)44(37,38)39/h3-13,29,32H,2H2,1H3,(H,37,38,39)(H,40,41,42)/b5-3?,20-4-. The van der Waals surface area contributed by atoms with E-state index >= 15 is 0 Å². The maximum Gasteiger partial charge on any atom is 0.357 e. The van der Waals surface area contributed by atoms with Gasteiger partial charge in [0.2, 0.25) is 0 Å². The molecular formula is C27H20N4O12S2. The number of aliphatic hydroxyl groups excluding tert-OH is 1. The van der Waals surface area contributed by atoms with Crippen molar-refractivity contribution in [3.63, 3.8) is 0 Å². The van der Waals surface area contributed by atoms with Crippen molar-refractivity contribution in [1.29, 1.82) is 0 Å². The topological polar surface area (TPSA) is 243 Å². The Morgan fingerprint density at radius 3 is 2.02 bits per heavy atom. The van der Waals surface area contributed by atoms with Crippen LogP contribution in [0.2, 0.25) is 0 Å². The van der Waals surface area contributed by atoms with Crippen LogP contribution in [0.25, 0.3) is 11.8 Å². The summed E-state index contributed by atoms with van der Waals surface area (Å²) in [6, 6.07) is 8.71. The average Bonchev–Trinajstić information content (AvgIpc) is 3.49. The molecule has 16 nitrogen and oxygen atoms in total. The van der Waals surface area contributed by atoms with Crippen molar-refractivity contribution in [1.82, 2.24) is 9.78 Å². The molecule has 18 heteroatoms. The van der Waals surface area contributed by atoms with E-state index in [-0.39, 0.29) is 34.8 Å². The zero-order chi connectivity index (χ0) is 33.1. The Morgan fingerprint density at radius 1 is 0.956 bits per heavy atom. The van der Waals surface area contributed by atoms with Crippen LogP contribution in [0.15, 0.2) is 85.9 Å². The first kappa shape index (κ1) is 32.3. The van der Waals surface area contributed by atoms with Gasteiger partial charge in [0.05, 0.1) is 38.9 Å². The Hall–Kier alpha value is -5.61. The second-order valence-electron chi connectivity index (χ2n) is 8.77. The highest BCUT2D eigenvalue weighted by Gasteiger charge is 2.34. The molecule has 1 aliphatic rings. The Kier molecular flexibility index (Phi) is 9.01. The number of amides is 1. The van der Waals surface area contributed by atoms with Crippen LogP contribution in [0.3, 0.4) is 0 Å². The number of nitrogens with zero attached hydrogens (tertiary/aromatic N) is 3. The van der Waals surface area contributed by atoms with E-state index in [1.165, 1.54) is 25.2 Å². The molecule has 0 radical (unpaired) electrons. The minimum Gasteiger partial charge on any atom is -0.462 e. The van der Waals surface area contributed by atoms with Gasteiger partial charge in [-0.2, -0.15) is 26.9 Å². The van der Waals surface area contributed by atoms with Gasteiger partial charge in [0, 0.05) is 5.92 Å². The monoisotopic (exact) mass is 656 g/mol. The highest BCUT2D eigenvalue weighted by molar-refractivity contribution is 7.86. The first-order valence-corrected chi connectivity index (χ1v) is 15.2. The number of Topliss-reactive ketones (excluding diaryl/α,β-unsaturated/α-hetero) is 1. The second-order valence-corrected chi connectivity index (χ2v) is 11.6. The summed E-state index contributed by atoms with van der Waals surface area (Å²) >= 11 is 0. The highest BCUT2D eigenvalue weighted by Crippen LogP contribution is 2.26. The molecule has 0 atom stereocenters. The second kappa shape index (κ2) is 12.6. The summed E-state index contributed by atoms with van der Waals surface area (Å²) in [5.41, 5.74) is -2.16. The van der Waals surface area contributed by atoms with Gasteiger partial charge in [-0.1, -0.05) is 6.08 Å². The lowest BCUT2D eigenvalue weighted by molar-refractivity contribution is -0.114. The van der Waals surface area contributed by atoms with Gasteiger partial charge in [0.25, 0.3) is 37.5 Å². The number of aliphatic hydroxyl groups is 1. The van der Waals surface area contributed by atoms with Gasteiger partial charge in [0.1, 0.15) is 6.11 Å². The third-order valence-electron chi connectivity index (χ3n) is 5.97. The Morgan fingerprint density at radius 2 is 1.51 bits per heavy atom. The fraction of sp³-hybridized carbons (Fsp3) is 0.0741. The third-order valence-corrected chi connectivity index (χ3v) is 7.70. The number of hydrogen-bond donors (Lipinski definition) is 4. The van der Waals surface area contributed by atoms with Gasteiger partial charge < -0.3 is 9.84 Å². The molecule has 45 heavy (non-hydrogen) atoms. The molecular weight excluding hydrogens is 636 g/mol. The summed E-state index contributed by atoms with van der Waals surface area (Å²) in [6.07, 6.45) is 4.76. The van der Waals surface area contributed by atoms with Crippen LogP contribution in [0.5, 0.6) is 0 Å². The Bertz CT molecular complexity index is 2150. The number of aromatic amines is 1. The number of hydrazone groups is 1. The van der Waals surface area contributed by atoms with Crippen LogP contribution in [0.1, 0.15) is 23.0 Å². The van der Waals surface area contributed by atoms with E-state index in [2.05, 4.69) is 10.2 Å². The number of esters is 1. The number of aromatic nitrogens is 2. The predicted octanol–water partition coefficient (Wildman–Crippen LogP) is 1.08. The molecule has 0 bridgehead atoms. The molecule has 2 heterocycles. The number of H-pyrrole nitrogens is 1. The first-order chi connectivity index (χ1) is 21.2. The summed E-state index contributed by atoms with van der Waals surface area (Å²) < 4.78 is 69.7. The largest absolute Gasteiger partial charge is 0.462 e. The molecule has 0 saturated heterocycles. The zero-order valence-corrected chi connectivity index (χ0v) is 24.4. The van der Waals surface area contributed by atoms with Gasteiger partial charge >= 0.3 is 5.97 Å². The van der Waals surface area contributed by atoms with E-state index in [0.29, 0.717) is 0 Å². The fourth-order valence-corrected chi connectivity index (χ4v) is 4.89. The van der Waals surface area contributed by atoms with E-state index < -0.39 is 59.0 Å². The van der Waals surface area contributed by atoms with Gasteiger partial charge in [-0.05, 0) is 67.6 Å². The molecule has 0 fully saturated rings. The van der Waals surface area contributed by atoms with Gasteiger partial charge in [-0.25, -0.2) is 9.48 Å². The number of anilines is 1. The molecule has 0 unspecified atom stereocenters. The lowest BCUT2D eigenvalue weighted by Crippen LogP contribution is -2.22. The SMILES string of the molecule is CCOC(=O)c1[nH]n(-c2ccc(S(=O)(=O)O)cc2)c(=O)c1C=C/C=C1\C(=O)N(c2ccc(S(=O)(=O)O)cc2)N=C1C(=O)C#CO. The van der Waals surface area contributed by atoms with E-state index in [9.17, 15) is 45.1 Å². The van der Waals surface area contributed by atoms with Crippen molar-refractivity contribution >= 4 is 55.4 Å². The number of carbonyl (C=O) groups excluding carboxylic acids is 3. The number of ether oxygens (including phenoxy) is 1. The molecule has 4 rings (SSSR count). The number of rotatable bonds is 9. The molecule has 3 aromatic rings. The molecule has 1 aromatic heterocycles. The predicted molar refractivity (Wildman–Crippen MR) is 155 cm³/mol. The van der Waals surface area contributed by atoms with Crippen LogP contribution in [-0.2, 0) is 34.6 Å². The van der Waals surface area contributed by atoms with E-state index in [0.717, 1.165) is 64.3 Å². The summed E-state index contributed by atoms with van der Waals surface area (Å²) in [5.74, 6) is -1.05. The van der Waals surface area contributed by atoms with Crippen molar-refractivity contribution < 1.29 is 50.2 Å². The lowest BCUT2D eigenvalue weighted by atomic mass is 10.1. The molecule has 1 aliphatic heterocycles. The molecule has 2 aromatic carbocycles. The van der Waals surface area contributed by atoms with Crippen molar-refractivity contribution in [3.8, 4) is 17.7 Å². The van der Waals surface area contributed by atoms with Crippen molar-refractivity contribution in [2.75, 3.05) is 11.6 Å². The number of benzene rings is 2. The van der Waals surface area contributed by atoms with Gasteiger partial charge in [0.15, 0.2) is 11.4 Å². The molecule has 0 saturated carbocycles. The van der Waals surface area contributed by atoms with Crippen LogP contribution in [0.4, 0.5) is 5.69 Å². The molecule has 0 spiro atoms. The number of carbonyl (C=O) groups is 3. The maximum absolute atomic E-state index is 13.3. The maximum atomic E-state index is 13.3. The fourth-order valence-electron chi connectivity index (χ4n) is 3.93. The smallest absolute Gasteiger partial charge is 0.357 e. The van der Waals surface area contributed by atoms with Crippen molar-refractivity contribution in [2.45, 2.75) is 16.7 Å². The lowest BCUT2D eigenvalue weighted by Gasteiger charge is -2.11. The Balaban J connectivity index is 1.76. The third kappa shape index (κ3) is 6.81.